The first kappa shape index (κ1) is 16.0. The molecule has 0 saturated heterocycles. The highest BCUT2D eigenvalue weighted by Crippen LogP contribution is 2.22. The van der Waals surface area contributed by atoms with Crippen molar-refractivity contribution in [1.82, 2.24) is 24.1 Å². The van der Waals surface area contributed by atoms with E-state index < -0.39 is 11.2 Å². The van der Waals surface area contributed by atoms with E-state index in [-0.39, 0.29) is 0 Å². The molecule has 0 radical (unpaired) electrons. The van der Waals surface area contributed by atoms with Crippen LogP contribution in [-0.2, 0) is 13.1 Å². The molecule has 0 spiro atoms. The first-order valence-electron chi connectivity index (χ1n) is 8.36. The predicted molar refractivity (Wildman–Crippen MR) is 99.1 cm³/mol. The molecule has 26 heavy (non-hydrogen) atoms. The van der Waals surface area contributed by atoms with Crippen LogP contribution in [-0.4, -0.2) is 24.1 Å². The van der Waals surface area contributed by atoms with Gasteiger partial charge in [0.05, 0.1) is 6.54 Å². The number of nitrogens with zero attached hydrogens (tertiary/aromatic N) is 4. The number of imidazole rings is 1. The molecule has 3 aromatic heterocycles. The second-order valence-corrected chi connectivity index (χ2v) is 5.92. The molecule has 7 heteroatoms. The molecule has 3 heterocycles. The minimum atomic E-state index is -0.464. The van der Waals surface area contributed by atoms with E-state index in [1.54, 1.807) is 12.4 Å². The third kappa shape index (κ3) is 2.63. The fourth-order valence-corrected chi connectivity index (χ4v) is 3.11. The summed E-state index contributed by atoms with van der Waals surface area (Å²) in [5.74, 6) is 0.641. The zero-order chi connectivity index (χ0) is 18.1. The molecule has 0 bridgehead atoms. The number of rotatable bonds is 4. The maximum Gasteiger partial charge on any atom is 0.330 e. The lowest BCUT2D eigenvalue weighted by molar-refractivity contribution is 0.743. The van der Waals surface area contributed by atoms with Gasteiger partial charge in [0, 0.05) is 24.5 Å². The Morgan fingerprint density at radius 2 is 1.73 bits per heavy atom. The van der Waals surface area contributed by atoms with Gasteiger partial charge in [0.15, 0.2) is 11.2 Å². The topological polar surface area (TPSA) is 85.6 Å². The number of aromatic nitrogens is 5. The van der Waals surface area contributed by atoms with Crippen LogP contribution in [0.1, 0.15) is 12.5 Å². The maximum absolute atomic E-state index is 12.5. The zero-order valence-corrected chi connectivity index (χ0v) is 14.2. The van der Waals surface area contributed by atoms with E-state index >= 15 is 0 Å². The van der Waals surface area contributed by atoms with Crippen LogP contribution in [0.4, 0.5) is 0 Å². The Bertz CT molecular complexity index is 1170. The van der Waals surface area contributed by atoms with Crippen molar-refractivity contribution in [2.24, 2.45) is 0 Å². The van der Waals surface area contributed by atoms with E-state index in [0.29, 0.717) is 30.1 Å². The van der Waals surface area contributed by atoms with Crippen LogP contribution in [0.3, 0.4) is 0 Å². The Labute approximate surface area is 148 Å². The Kier molecular flexibility index (Phi) is 3.96. The number of pyridine rings is 1. The van der Waals surface area contributed by atoms with Gasteiger partial charge in [-0.15, -0.1) is 0 Å². The number of aromatic amines is 1. The summed E-state index contributed by atoms with van der Waals surface area (Å²) in [4.78, 5) is 36.0. The number of nitrogens with one attached hydrogen (secondary N) is 1. The van der Waals surface area contributed by atoms with Gasteiger partial charge in [0.25, 0.3) is 5.56 Å². The summed E-state index contributed by atoms with van der Waals surface area (Å²) in [7, 11) is 0. The van der Waals surface area contributed by atoms with E-state index in [4.69, 9.17) is 0 Å². The molecular weight excluding hydrogens is 330 g/mol. The van der Waals surface area contributed by atoms with Crippen LogP contribution in [0.15, 0.2) is 64.4 Å². The highest BCUT2D eigenvalue weighted by molar-refractivity contribution is 5.76. The van der Waals surface area contributed by atoms with Crippen LogP contribution in [0.5, 0.6) is 0 Å². The molecule has 4 aromatic rings. The van der Waals surface area contributed by atoms with Crippen molar-refractivity contribution >= 4 is 11.2 Å². The summed E-state index contributed by atoms with van der Waals surface area (Å²) in [5.41, 5.74) is 1.69. The van der Waals surface area contributed by atoms with Crippen molar-refractivity contribution in [3.8, 4) is 11.4 Å². The SMILES string of the molecule is CCn1c(-c2ccncc2)nc2c1c(=O)[nH]c(=O)n2Cc1ccccc1. The van der Waals surface area contributed by atoms with Crippen LogP contribution in [0.25, 0.3) is 22.6 Å². The Hall–Kier alpha value is -3.48. The minimum Gasteiger partial charge on any atom is -0.318 e. The Morgan fingerprint density at radius 3 is 2.42 bits per heavy atom. The Balaban J connectivity index is 2.00. The van der Waals surface area contributed by atoms with Crippen LogP contribution in [0.2, 0.25) is 0 Å². The number of H-pyrrole nitrogens is 1. The summed E-state index contributed by atoms with van der Waals surface area (Å²) in [6.07, 6.45) is 3.35. The van der Waals surface area contributed by atoms with Gasteiger partial charge in [0.2, 0.25) is 0 Å². The normalized spacial score (nSPS) is 11.1. The van der Waals surface area contributed by atoms with Crippen LogP contribution >= 0.6 is 0 Å². The number of aryl methyl sites for hydroxylation is 1. The van der Waals surface area contributed by atoms with Gasteiger partial charge >= 0.3 is 5.69 Å². The minimum absolute atomic E-state index is 0.337. The Morgan fingerprint density at radius 1 is 1.00 bits per heavy atom. The molecule has 0 amide bonds. The highest BCUT2D eigenvalue weighted by Gasteiger charge is 2.18. The van der Waals surface area contributed by atoms with E-state index in [0.717, 1.165) is 11.1 Å². The van der Waals surface area contributed by atoms with E-state index in [2.05, 4.69) is 15.0 Å². The largest absolute Gasteiger partial charge is 0.330 e. The average Bonchev–Trinajstić information content (AvgIpc) is 3.07. The summed E-state index contributed by atoms with van der Waals surface area (Å²) >= 11 is 0. The summed E-state index contributed by atoms with van der Waals surface area (Å²) < 4.78 is 3.33. The van der Waals surface area contributed by atoms with Gasteiger partial charge in [-0.2, -0.15) is 0 Å². The number of hydrogen-bond acceptors (Lipinski definition) is 4. The van der Waals surface area contributed by atoms with Crippen molar-refractivity contribution in [1.29, 1.82) is 0 Å². The van der Waals surface area contributed by atoms with E-state index in [9.17, 15) is 9.59 Å². The van der Waals surface area contributed by atoms with E-state index in [1.807, 2.05) is 54.0 Å². The third-order valence-electron chi connectivity index (χ3n) is 4.32. The average molecular weight is 347 g/mol. The second-order valence-electron chi connectivity index (χ2n) is 5.92. The van der Waals surface area contributed by atoms with Crippen molar-refractivity contribution in [2.75, 3.05) is 0 Å². The molecule has 0 saturated carbocycles. The maximum atomic E-state index is 12.5. The summed E-state index contributed by atoms with van der Waals surface area (Å²) in [6, 6.07) is 13.3. The van der Waals surface area contributed by atoms with Gasteiger partial charge in [-0.3, -0.25) is 19.3 Å². The predicted octanol–water partition coefficient (Wildman–Crippen LogP) is 2.02. The molecule has 1 aromatic carbocycles. The quantitative estimate of drug-likeness (QED) is 0.612. The van der Waals surface area contributed by atoms with E-state index in [1.165, 1.54) is 4.57 Å². The molecule has 130 valence electrons. The highest BCUT2D eigenvalue weighted by atomic mass is 16.2. The van der Waals surface area contributed by atoms with Crippen molar-refractivity contribution < 1.29 is 0 Å². The standard InChI is InChI=1S/C19H17N5O2/c1-2-23-15-17(21-16(23)14-8-10-20-11-9-14)24(19(26)22-18(15)25)12-13-6-4-3-5-7-13/h3-11H,2,12H2,1H3,(H,22,25,26). The second kappa shape index (κ2) is 6.44. The molecule has 0 fully saturated rings. The fourth-order valence-electron chi connectivity index (χ4n) is 3.11. The van der Waals surface area contributed by atoms with Gasteiger partial charge in [-0.1, -0.05) is 30.3 Å². The lowest BCUT2D eigenvalue weighted by Gasteiger charge is -2.07. The molecule has 7 nitrogen and oxygen atoms in total. The number of fused-ring (bicyclic) bond motifs is 1. The molecule has 4 rings (SSSR count). The van der Waals surface area contributed by atoms with Gasteiger partial charge in [-0.05, 0) is 24.6 Å². The smallest absolute Gasteiger partial charge is 0.318 e. The fraction of sp³-hybridized carbons (Fsp3) is 0.158. The van der Waals surface area contributed by atoms with Gasteiger partial charge < -0.3 is 4.57 Å². The molecular formula is C19H17N5O2. The van der Waals surface area contributed by atoms with Crippen LogP contribution < -0.4 is 11.2 Å². The first-order chi connectivity index (χ1) is 12.7. The lowest BCUT2D eigenvalue weighted by Crippen LogP contribution is -2.31. The number of hydrogen-bond donors (Lipinski definition) is 1. The summed E-state index contributed by atoms with van der Waals surface area (Å²) in [5, 5.41) is 0. The molecule has 0 aliphatic heterocycles. The monoisotopic (exact) mass is 347 g/mol. The molecule has 0 aliphatic carbocycles. The molecule has 0 aliphatic rings. The van der Waals surface area contributed by atoms with Crippen molar-refractivity contribution in [3.05, 3.63) is 81.3 Å². The van der Waals surface area contributed by atoms with Gasteiger partial charge in [0.1, 0.15) is 5.82 Å². The molecule has 0 unspecified atom stereocenters. The third-order valence-corrected chi connectivity index (χ3v) is 4.32. The van der Waals surface area contributed by atoms with Crippen LogP contribution in [0, 0.1) is 0 Å². The van der Waals surface area contributed by atoms with Crippen molar-refractivity contribution in [2.45, 2.75) is 20.0 Å². The van der Waals surface area contributed by atoms with Gasteiger partial charge in [-0.25, -0.2) is 9.78 Å². The molecule has 0 atom stereocenters. The zero-order valence-electron chi connectivity index (χ0n) is 14.2. The summed E-state index contributed by atoms with van der Waals surface area (Å²) in [6.45, 7) is 2.84. The first-order valence-corrected chi connectivity index (χ1v) is 8.36. The van der Waals surface area contributed by atoms with Crippen molar-refractivity contribution in [3.63, 3.8) is 0 Å². The lowest BCUT2D eigenvalue weighted by atomic mass is 10.2. The number of benzene rings is 1. The molecule has 1 N–H and O–H groups in total.